The van der Waals surface area contributed by atoms with Crippen LogP contribution in [0.2, 0.25) is 0 Å². The van der Waals surface area contributed by atoms with Crippen molar-refractivity contribution in [1.29, 1.82) is 0 Å². The molecule has 0 amide bonds. The van der Waals surface area contributed by atoms with Crippen LogP contribution in [-0.4, -0.2) is 49.9 Å². The molecule has 11 nitrogen and oxygen atoms in total. The largest absolute Gasteiger partial charge is 1.00 e. The van der Waals surface area contributed by atoms with Gasteiger partial charge in [0.15, 0.2) is 6.10 Å². The molecule has 0 aromatic rings. The van der Waals surface area contributed by atoms with E-state index in [1.807, 2.05) is 0 Å². The van der Waals surface area contributed by atoms with Crippen LogP contribution in [0, 0.1) is 0 Å². The number of phosphoric acid groups is 1. The molecule has 0 aliphatic rings. The molecule has 13 heteroatoms. The van der Waals surface area contributed by atoms with Crippen molar-refractivity contribution in [3.63, 3.8) is 0 Å². The van der Waals surface area contributed by atoms with Crippen LogP contribution >= 0.6 is 7.82 Å². The summed E-state index contributed by atoms with van der Waals surface area (Å²) in [7, 11) is -4.92. The van der Waals surface area contributed by atoms with Gasteiger partial charge in [-0.15, -0.1) is 0 Å². The molecule has 0 fully saturated rings. The minimum Gasteiger partial charge on any atom is -0.756 e. The number of rotatable bonds is 26. The van der Waals surface area contributed by atoms with Crippen LogP contribution < -0.4 is 45.3 Å². The smallest absolute Gasteiger partial charge is 0.756 e. The van der Waals surface area contributed by atoms with Gasteiger partial charge in [0.1, 0.15) is 25.2 Å². The van der Waals surface area contributed by atoms with Crippen molar-refractivity contribution < 1.29 is 82.8 Å². The third-order valence-corrected chi connectivity index (χ3v) is 6.81. The van der Waals surface area contributed by atoms with E-state index in [4.69, 9.17) is 14.0 Å². The Hall–Kier alpha value is -0.520. The van der Waals surface area contributed by atoms with E-state index in [-0.39, 0.29) is 49.0 Å². The maximum Gasteiger partial charge on any atom is 1.00 e. The number of phosphoric ester groups is 1. The van der Waals surface area contributed by atoms with Crippen molar-refractivity contribution in [3.05, 3.63) is 0 Å². The van der Waals surface area contributed by atoms with Gasteiger partial charge in [0.25, 0.3) is 7.82 Å². The van der Waals surface area contributed by atoms with Crippen molar-refractivity contribution >= 4 is 25.7 Å². The first-order valence-electron chi connectivity index (χ1n) is 14.1. The van der Waals surface area contributed by atoms with E-state index < -0.39 is 51.1 Å². The van der Waals surface area contributed by atoms with Gasteiger partial charge in [-0.25, -0.2) is 0 Å². The van der Waals surface area contributed by atoms with E-state index in [1.54, 1.807) is 0 Å². The molecule has 0 bridgehead atoms. The molecular formula is C26H49NNaO10P. The van der Waals surface area contributed by atoms with Crippen molar-refractivity contribution in [2.24, 2.45) is 0 Å². The number of aliphatic carboxylic acids is 1. The zero-order valence-corrected chi connectivity index (χ0v) is 27.2. The van der Waals surface area contributed by atoms with E-state index in [1.165, 1.54) is 32.1 Å². The van der Waals surface area contributed by atoms with Gasteiger partial charge in [0, 0.05) is 12.8 Å². The molecule has 39 heavy (non-hydrogen) atoms. The van der Waals surface area contributed by atoms with Crippen LogP contribution in [0.3, 0.4) is 0 Å². The normalized spacial score (nSPS) is 14.1. The summed E-state index contributed by atoms with van der Waals surface area (Å²) >= 11 is 0. The summed E-state index contributed by atoms with van der Waals surface area (Å²) in [6.45, 7) is 2.53. The minimum absolute atomic E-state index is 0. The van der Waals surface area contributed by atoms with E-state index in [0.717, 1.165) is 44.9 Å². The Morgan fingerprint density at radius 2 is 1.15 bits per heavy atom. The first kappa shape index (κ1) is 40.6. The summed E-state index contributed by atoms with van der Waals surface area (Å²) in [6.07, 6.45) is 13.7. The SMILES string of the molecule is CCCCCCCCCC(=O)OC[C@H](COP(=O)([O-])OCC([NH3+])C(=O)[O-])OC(=O)CCCCCCCCC.[Na+]. The average molecular weight is 590 g/mol. The van der Waals surface area contributed by atoms with Gasteiger partial charge in [-0.05, 0) is 12.8 Å². The van der Waals surface area contributed by atoms with Gasteiger partial charge in [0.05, 0.1) is 6.61 Å². The number of hydrogen-bond acceptors (Lipinski definition) is 10. The Morgan fingerprint density at radius 1 is 0.718 bits per heavy atom. The molecule has 2 unspecified atom stereocenters. The molecule has 0 saturated heterocycles. The maximum absolute atomic E-state index is 12.3. The van der Waals surface area contributed by atoms with Crippen LogP contribution in [0.15, 0.2) is 0 Å². The van der Waals surface area contributed by atoms with E-state index in [0.29, 0.717) is 12.8 Å². The number of ether oxygens (including phenoxy) is 2. The summed E-state index contributed by atoms with van der Waals surface area (Å²) < 4.78 is 31.7. The number of carbonyl (C=O) groups excluding carboxylic acids is 3. The minimum atomic E-state index is -4.92. The molecule has 0 spiro atoms. The Kier molecular flexibility index (Phi) is 27.5. The fourth-order valence-corrected chi connectivity index (χ4v) is 4.32. The maximum atomic E-state index is 12.3. The Bertz CT molecular complexity index is 698. The van der Waals surface area contributed by atoms with Gasteiger partial charge < -0.3 is 39.0 Å². The standard InChI is InChI=1S/C26H50NO10P.Na/c1-3-5-7-9-11-13-15-17-24(28)34-19-22(20-35-38(32,33)36-21-23(27)26(30)31)37-25(29)18-16-14-12-10-8-6-4-2;/h22-23H,3-21,27H2,1-2H3,(H,30,31)(H,32,33);/q;+1/p-1/t22-,23?;/m1./s1. The van der Waals surface area contributed by atoms with Gasteiger partial charge in [-0.3, -0.25) is 14.2 Å². The molecule has 0 saturated carbocycles. The third-order valence-electron chi connectivity index (χ3n) is 5.88. The number of quaternary nitrogens is 1. The molecule has 0 aliphatic heterocycles. The molecule has 0 heterocycles. The van der Waals surface area contributed by atoms with Crippen LogP contribution in [0.4, 0.5) is 0 Å². The quantitative estimate of drug-likeness (QED) is 0.0603. The topological polar surface area (TPSA) is 179 Å². The number of carboxylic acids is 1. The third kappa shape index (κ3) is 26.1. The Morgan fingerprint density at radius 3 is 1.64 bits per heavy atom. The molecule has 0 aliphatic carbocycles. The van der Waals surface area contributed by atoms with Crippen molar-refractivity contribution in [2.45, 2.75) is 129 Å². The van der Waals surface area contributed by atoms with Crippen molar-refractivity contribution in [3.8, 4) is 0 Å². The predicted octanol–water partition coefficient (Wildman–Crippen LogP) is -0.411. The number of hydrogen-bond donors (Lipinski definition) is 1. The Balaban J connectivity index is 0. The fraction of sp³-hybridized carbons (Fsp3) is 0.885. The molecule has 0 rings (SSSR count). The summed E-state index contributed by atoms with van der Waals surface area (Å²) in [5.74, 6) is -2.59. The molecule has 0 aromatic heterocycles. The van der Waals surface area contributed by atoms with Crippen LogP contribution in [0.5, 0.6) is 0 Å². The predicted molar refractivity (Wildman–Crippen MR) is 137 cm³/mol. The van der Waals surface area contributed by atoms with Gasteiger partial charge in [0.2, 0.25) is 0 Å². The zero-order valence-electron chi connectivity index (χ0n) is 24.3. The average Bonchev–Trinajstić information content (AvgIpc) is 2.87. The first-order valence-corrected chi connectivity index (χ1v) is 15.6. The molecule has 224 valence electrons. The fourth-order valence-electron chi connectivity index (χ4n) is 3.53. The van der Waals surface area contributed by atoms with Gasteiger partial charge in [-0.2, -0.15) is 0 Å². The van der Waals surface area contributed by atoms with E-state index in [9.17, 15) is 28.9 Å². The monoisotopic (exact) mass is 589 g/mol. The molecule has 3 N–H and O–H groups in total. The van der Waals surface area contributed by atoms with Gasteiger partial charge >= 0.3 is 41.5 Å². The van der Waals surface area contributed by atoms with E-state index >= 15 is 0 Å². The second-order valence-electron chi connectivity index (χ2n) is 9.59. The summed E-state index contributed by atoms with van der Waals surface area (Å²) in [5, 5.41) is 10.7. The van der Waals surface area contributed by atoms with Crippen LogP contribution in [0.1, 0.15) is 117 Å². The zero-order chi connectivity index (χ0) is 28.7. The number of carbonyl (C=O) groups is 3. The van der Waals surface area contributed by atoms with Crippen molar-refractivity contribution in [2.75, 3.05) is 19.8 Å². The molecular weight excluding hydrogens is 540 g/mol. The molecule has 0 radical (unpaired) electrons. The van der Waals surface area contributed by atoms with E-state index in [2.05, 4.69) is 24.1 Å². The second kappa shape index (κ2) is 26.4. The van der Waals surface area contributed by atoms with Crippen molar-refractivity contribution in [1.82, 2.24) is 0 Å². The van der Waals surface area contributed by atoms with Crippen LogP contribution in [-0.2, 0) is 37.5 Å². The van der Waals surface area contributed by atoms with Crippen LogP contribution in [0.25, 0.3) is 0 Å². The second-order valence-corrected chi connectivity index (χ2v) is 11.0. The number of esters is 2. The summed E-state index contributed by atoms with van der Waals surface area (Å²) in [6, 6.07) is -1.41. The Labute approximate surface area is 256 Å². The van der Waals surface area contributed by atoms with Gasteiger partial charge in [-0.1, -0.05) is 90.9 Å². The number of unbranched alkanes of at least 4 members (excludes halogenated alkanes) is 12. The summed E-state index contributed by atoms with van der Waals surface area (Å²) in [4.78, 5) is 47.1. The number of carboxylic acid groups (broad SMARTS) is 1. The molecule has 0 aromatic carbocycles. The summed E-state index contributed by atoms with van der Waals surface area (Å²) in [5.41, 5.74) is 3.20. The molecule has 3 atom stereocenters. The first-order chi connectivity index (χ1) is 18.1.